The van der Waals surface area contributed by atoms with Crippen molar-refractivity contribution in [2.45, 2.75) is 25.8 Å². The molecule has 1 N–H and O–H groups in total. The van der Waals surface area contributed by atoms with Crippen LogP contribution in [0.4, 0.5) is 11.4 Å². The van der Waals surface area contributed by atoms with Crippen LogP contribution in [0.5, 0.6) is 0 Å². The number of hydrogen-bond acceptors (Lipinski definition) is 3. The number of likely N-dealkylation sites (N-methyl/N-ethyl adjacent to an activating group) is 2. The summed E-state index contributed by atoms with van der Waals surface area (Å²) in [6.07, 6.45) is 2.43. The van der Waals surface area contributed by atoms with Crippen LogP contribution in [-0.4, -0.2) is 45.2 Å². The van der Waals surface area contributed by atoms with Crippen LogP contribution < -0.4 is 10.2 Å². The zero-order chi connectivity index (χ0) is 13.1. The summed E-state index contributed by atoms with van der Waals surface area (Å²) in [7, 11) is 6.40. The van der Waals surface area contributed by atoms with Gasteiger partial charge in [0.05, 0.1) is 0 Å². The first-order valence-electron chi connectivity index (χ1n) is 6.81. The second kappa shape index (κ2) is 5.61. The van der Waals surface area contributed by atoms with E-state index in [2.05, 4.69) is 61.4 Å². The molecule has 1 unspecified atom stereocenters. The largest absolute Gasteiger partial charge is 0.382 e. The number of anilines is 2. The second-order valence-electron chi connectivity index (χ2n) is 5.65. The average molecular weight is 247 g/mol. The third-order valence-electron chi connectivity index (χ3n) is 3.66. The molecule has 1 atom stereocenters. The summed E-state index contributed by atoms with van der Waals surface area (Å²) >= 11 is 0. The third-order valence-corrected chi connectivity index (χ3v) is 3.66. The minimum Gasteiger partial charge on any atom is -0.382 e. The van der Waals surface area contributed by atoms with Gasteiger partial charge in [-0.15, -0.1) is 0 Å². The van der Waals surface area contributed by atoms with Crippen molar-refractivity contribution in [2.24, 2.45) is 0 Å². The van der Waals surface area contributed by atoms with Crippen LogP contribution in [-0.2, 0) is 6.42 Å². The molecule has 0 saturated carbocycles. The zero-order valence-electron chi connectivity index (χ0n) is 12.0. The molecule has 0 aliphatic carbocycles. The SMILES string of the molecule is CC1CCc2cc(N(C)CCN(C)C)ccc2N1. The molecular weight excluding hydrogens is 222 g/mol. The lowest BCUT2D eigenvalue weighted by molar-refractivity contribution is 0.416. The monoisotopic (exact) mass is 247 g/mol. The molecular formula is C15H25N3. The summed E-state index contributed by atoms with van der Waals surface area (Å²) in [5.41, 5.74) is 4.10. The number of nitrogens with one attached hydrogen (secondary N) is 1. The highest BCUT2D eigenvalue weighted by atomic mass is 15.2. The Bertz CT molecular complexity index is 401. The first-order valence-corrected chi connectivity index (χ1v) is 6.81. The van der Waals surface area contributed by atoms with Crippen LogP contribution in [0.15, 0.2) is 18.2 Å². The number of rotatable bonds is 4. The summed E-state index contributed by atoms with van der Waals surface area (Å²) in [6.45, 7) is 4.40. The molecule has 2 rings (SSSR count). The molecule has 0 aromatic heterocycles. The van der Waals surface area contributed by atoms with E-state index in [1.807, 2.05) is 0 Å². The Kier molecular flexibility index (Phi) is 4.12. The van der Waals surface area contributed by atoms with E-state index in [1.54, 1.807) is 0 Å². The maximum atomic E-state index is 3.55. The van der Waals surface area contributed by atoms with Crippen molar-refractivity contribution in [1.29, 1.82) is 0 Å². The van der Waals surface area contributed by atoms with E-state index in [0.29, 0.717) is 6.04 Å². The van der Waals surface area contributed by atoms with Gasteiger partial charge >= 0.3 is 0 Å². The van der Waals surface area contributed by atoms with E-state index in [-0.39, 0.29) is 0 Å². The molecule has 0 radical (unpaired) electrons. The molecule has 1 aromatic carbocycles. The van der Waals surface area contributed by atoms with E-state index in [0.717, 1.165) is 13.1 Å². The standard InChI is InChI=1S/C15H25N3/c1-12-5-6-13-11-14(7-8-15(13)16-12)18(4)10-9-17(2)3/h7-8,11-12,16H,5-6,9-10H2,1-4H3. The van der Waals surface area contributed by atoms with Gasteiger partial charge in [0.1, 0.15) is 0 Å². The van der Waals surface area contributed by atoms with Gasteiger partial charge in [-0.05, 0) is 57.6 Å². The van der Waals surface area contributed by atoms with Gasteiger partial charge in [0.15, 0.2) is 0 Å². The molecule has 3 heteroatoms. The molecule has 0 amide bonds. The summed E-state index contributed by atoms with van der Waals surface area (Å²) in [6, 6.07) is 7.39. The van der Waals surface area contributed by atoms with E-state index >= 15 is 0 Å². The average Bonchev–Trinajstić information content (AvgIpc) is 2.35. The van der Waals surface area contributed by atoms with Crippen LogP contribution in [0.1, 0.15) is 18.9 Å². The van der Waals surface area contributed by atoms with Crippen LogP contribution >= 0.6 is 0 Å². The van der Waals surface area contributed by atoms with Crippen molar-refractivity contribution in [2.75, 3.05) is 44.4 Å². The fraction of sp³-hybridized carbons (Fsp3) is 0.600. The normalized spacial score (nSPS) is 18.4. The smallest absolute Gasteiger partial charge is 0.0376 e. The van der Waals surface area contributed by atoms with Crippen LogP contribution in [0.2, 0.25) is 0 Å². The Morgan fingerprint density at radius 3 is 2.72 bits per heavy atom. The summed E-state index contributed by atoms with van der Waals surface area (Å²) in [5, 5.41) is 3.55. The predicted molar refractivity (Wildman–Crippen MR) is 79.7 cm³/mol. The van der Waals surface area contributed by atoms with Gasteiger partial charge in [0.25, 0.3) is 0 Å². The first kappa shape index (κ1) is 13.2. The van der Waals surface area contributed by atoms with Gasteiger partial charge in [0, 0.05) is 37.6 Å². The van der Waals surface area contributed by atoms with Gasteiger partial charge < -0.3 is 15.1 Å². The lowest BCUT2D eigenvalue weighted by atomic mass is 9.98. The maximum absolute atomic E-state index is 3.55. The van der Waals surface area contributed by atoms with Crippen LogP contribution in [0.3, 0.4) is 0 Å². The fourth-order valence-electron chi connectivity index (χ4n) is 2.35. The van der Waals surface area contributed by atoms with E-state index in [4.69, 9.17) is 0 Å². The Labute approximate surface area is 111 Å². The van der Waals surface area contributed by atoms with E-state index in [1.165, 1.54) is 29.8 Å². The van der Waals surface area contributed by atoms with Crippen molar-refractivity contribution >= 4 is 11.4 Å². The highest BCUT2D eigenvalue weighted by Crippen LogP contribution is 2.28. The summed E-state index contributed by atoms with van der Waals surface area (Å²) in [4.78, 5) is 4.55. The minimum atomic E-state index is 0.606. The highest BCUT2D eigenvalue weighted by Gasteiger charge is 2.14. The molecule has 0 saturated heterocycles. The molecule has 0 fully saturated rings. The van der Waals surface area contributed by atoms with E-state index < -0.39 is 0 Å². The van der Waals surface area contributed by atoms with Crippen molar-refractivity contribution in [3.05, 3.63) is 23.8 Å². The highest BCUT2D eigenvalue weighted by molar-refractivity contribution is 5.62. The first-order chi connectivity index (χ1) is 8.56. The lowest BCUT2D eigenvalue weighted by Gasteiger charge is -2.27. The van der Waals surface area contributed by atoms with Crippen LogP contribution in [0, 0.1) is 0 Å². The molecule has 100 valence electrons. The quantitative estimate of drug-likeness (QED) is 0.881. The molecule has 1 aliphatic heterocycles. The molecule has 18 heavy (non-hydrogen) atoms. The molecule has 3 nitrogen and oxygen atoms in total. The Morgan fingerprint density at radius 1 is 1.22 bits per heavy atom. The van der Waals surface area contributed by atoms with E-state index in [9.17, 15) is 0 Å². The second-order valence-corrected chi connectivity index (χ2v) is 5.65. The summed E-state index contributed by atoms with van der Waals surface area (Å²) in [5.74, 6) is 0. The van der Waals surface area contributed by atoms with Crippen molar-refractivity contribution < 1.29 is 0 Å². The Morgan fingerprint density at radius 2 is 2.00 bits per heavy atom. The minimum absolute atomic E-state index is 0.606. The van der Waals surface area contributed by atoms with Gasteiger partial charge in [0.2, 0.25) is 0 Å². The summed E-state index contributed by atoms with van der Waals surface area (Å²) < 4.78 is 0. The van der Waals surface area contributed by atoms with Gasteiger partial charge in [-0.2, -0.15) is 0 Å². The van der Waals surface area contributed by atoms with Crippen molar-refractivity contribution in [3.8, 4) is 0 Å². The maximum Gasteiger partial charge on any atom is 0.0376 e. The zero-order valence-corrected chi connectivity index (χ0v) is 12.0. The Hall–Kier alpha value is -1.22. The number of benzene rings is 1. The topological polar surface area (TPSA) is 18.5 Å². The van der Waals surface area contributed by atoms with Crippen molar-refractivity contribution in [1.82, 2.24) is 4.90 Å². The molecule has 1 aliphatic rings. The molecule has 0 bridgehead atoms. The number of aryl methyl sites for hydroxylation is 1. The van der Waals surface area contributed by atoms with Crippen molar-refractivity contribution in [3.63, 3.8) is 0 Å². The Balaban J connectivity index is 2.06. The number of fused-ring (bicyclic) bond motifs is 1. The predicted octanol–water partition coefficient (Wildman–Crippen LogP) is 2.43. The third kappa shape index (κ3) is 3.16. The molecule has 0 spiro atoms. The fourth-order valence-corrected chi connectivity index (χ4v) is 2.35. The molecule has 1 heterocycles. The van der Waals surface area contributed by atoms with Crippen LogP contribution in [0.25, 0.3) is 0 Å². The number of hydrogen-bond donors (Lipinski definition) is 1. The molecule has 1 aromatic rings. The van der Waals surface area contributed by atoms with Gasteiger partial charge in [-0.25, -0.2) is 0 Å². The number of nitrogens with zero attached hydrogens (tertiary/aromatic N) is 2. The van der Waals surface area contributed by atoms with Gasteiger partial charge in [-0.3, -0.25) is 0 Å². The van der Waals surface area contributed by atoms with Gasteiger partial charge in [-0.1, -0.05) is 0 Å². The lowest BCUT2D eigenvalue weighted by Crippen LogP contribution is -2.29.